The Hall–Kier alpha value is -3.16. The number of ether oxygens (including phenoxy) is 1. The van der Waals surface area contributed by atoms with Crippen LogP contribution in [0.3, 0.4) is 0 Å². The highest BCUT2D eigenvalue weighted by atomic mass is 19.1. The summed E-state index contributed by atoms with van der Waals surface area (Å²) in [6.45, 7) is 3.27. The maximum Gasteiger partial charge on any atom is 0.415 e. The summed E-state index contributed by atoms with van der Waals surface area (Å²) in [5, 5.41) is 0. The van der Waals surface area contributed by atoms with E-state index in [2.05, 4.69) is 15.0 Å². The molecule has 3 heterocycles. The lowest BCUT2D eigenvalue weighted by molar-refractivity contribution is 0.137. The number of hydrogen-bond acceptors (Lipinski definition) is 5. The normalized spacial score (nSPS) is 17.1. The molecule has 1 saturated heterocycles. The summed E-state index contributed by atoms with van der Waals surface area (Å²) in [5.41, 5.74) is 1.74. The third kappa shape index (κ3) is 4.16. The van der Waals surface area contributed by atoms with Crippen molar-refractivity contribution in [3.8, 4) is 5.75 Å². The van der Waals surface area contributed by atoms with Gasteiger partial charge in [0.05, 0.1) is 17.8 Å². The zero-order valence-corrected chi connectivity index (χ0v) is 15.9. The van der Waals surface area contributed by atoms with Crippen LogP contribution in [0.15, 0.2) is 46.5 Å². The van der Waals surface area contributed by atoms with E-state index in [0.29, 0.717) is 36.9 Å². The van der Waals surface area contributed by atoms with Crippen molar-refractivity contribution in [2.24, 2.45) is 15.9 Å². The first kappa shape index (κ1) is 19.2. The number of aromatic nitrogens is 1. The Morgan fingerprint density at radius 2 is 2.00 bits per heavy atom. The average Bonchev–Trinajstić information content (AvgIpc) is 3.19. The summed E-state index contributed by atoms with van der Waals surface area (Å²) in [7, 11) is 0. The molecular weight excluding hydrogens is 378 g/mol. The molecule has 1 aromatic carbocycles. The topological polar surface area (TPSA) is 67.2 Å². The van der Waals surface area contributed by atoms with Crippen molar-refractivity contribution in [1.29, 1.82) is 0 Å². The molecule has 150 valence electrons. The molecule has 0 radical (unpaired) electrons. The lowest BCUT2D eigenvalue weighted by atomic mass is 9.92. The van der Waals surface area contributed by atoms with Crippen LogP contribution >= 0.6 is 0 Å². The number of benzene rings is 1. The second-order valence-electron chi connectivity index (χ2n) is 7.08. The van der Waals surface area contributed by atoms with Crippen LogP contribution in [-0.4, -0.2) is 47.2 Å². The van der Waals surface area contributed by atoms with Crippen molar-refractivity contribution < 1.29 is 18.3 Å². The SMILES string of the molecule is Cc1ncccc1OC(=O)N1CCC(C2=NC(c3ccc(F)cc3F)=NC2)CC1. The highest BCUT2D eigenvalue weighted by molar-refractivity contribution is 6.12. The van der Waals surface area contributed by atoms with Gasteiger partial charge in [-0.15, -0.1) is 0 Å². The van der Waals surface area contributed by atoms with Crippen LogP contribution < -0.4 is 4.74 Å². The zero-order chi connectivity index (χ0) is 20.4. The van der Waals surface area contributed by atoms with Crippen LogP contribution in [0.25, 0.3) is 0 Å². The van der Waals surface area contributed by atoms with Crippen molar-refractivity contribution in [3.63, 3.8) is 0 Å². The van der Waals surface area contributed by atoms with E-state index in [1.54, 1.807) is 30.2 Å². The molecule has 2 aromatic rings. The Labute approximate surface area is 167 Å². The second-order valence-corrected chi connectivity index (χ2v) is 7.08. The highest BCUT2D eigenvalue weighted by Crippen LogP contribution is 2.24. The Kier molecular flexibility index (Phi) is 5.33. The number of likely N-dealkylation sites (tertiary alicyclic amines) is 1. The van der Waals surface area contributed by atoms with Crippen LogP contribution in [0.1, 0.15) is 24.1 Å². The molecule has 2 aliphatic rings. The van der Waals surface area contributed by atoms with Crippen molar-refractivity contribution in [2.45, 2.75) is 19.8 Å². The number of nitrogens with zero attached hydrogens (tertiary/aromatic N) is 4. The number of amidine groups is 1. The smallest absolute Gasteiger partial charge is 0.408 e. The number of hydrogen-bond donors (Lipinski definition) is 0. The van der Waals surface area contributed by atoms with Crippen molar-refractivity contribution >= 4 is 17.6 Å². The lowest BCUT2D eigenvalue weighted by Crippen LogP contribution is -2.42. The van der Waals surface area contributed by atoms with E-state index in [9.17, 15) is 13.6 Å². The summed E-state index contributed by atoms with van der Waals surface area (Å²) in [6.07, 6.45) is 2.72. The van der Waals surface area contributed by atoms with Gasteiger partial charge in [-0.2, -0.15) is 0 Å². The molecule has 0 spiro atoms. The first-order valence-corrected chi connectivity index (χ1v) is 9.47. The van der Waals surface area contributed by atoms with Gasteiger partial charge in [0.2, 0.25) is 0 Å². The van der Waals surface area contributed by atoms with Gasteiger partial charge < -0.3 is 9.64 Å². The quantitative estimate of drug-likeness (QED) is 0.790. The van der Waals surface area contributed by atoms with Crippen LogP contribution in [0.5, 0.6) is 5.75 Å². The Balaban J connectivity index is 1.35. The van der Waals surface area contributed by atoms with Gasteiger partial charge in [-0.3, -0.25) is 9.98 Å². The number of piperidine rings is 1. The average molecular weight is 398 g/mol. The lowest BCUT2D eigenvalue weighted by Gasteiger charge is -2.31. The minimum Gasteiger partial charge on any atom is -0.408 e. The number of rotatable bonds is 3. The van der Waals surface area contributed by atoms with E-state index in [-0.39, 0.29) is 11.5 Å². The molecule has 0 atom stereocenters. The van der Waals surface area contributed by atoms with Gasteiger partial charge in [0, 0.05) is 37.0 Å². The van der Waals surface area contributed by atoms with Crippen LogP contribution in [0, 0.1) is 24.5 Å². The number of amides is 1. The predicted molar refractivity (Wildman–Crippen MR) is 104 cm³/mol. The molecule has 0 N–H and O–H groups in total. The van der Waals surface area contributed by atoms with E-state index in [1.165, 1.54) is 12.1 Å². The van der Waals surface area contributed by atoms with Crippen molar-refractivity contribution in [3.05, 3.63) is 59.4 Å². The summed E-state index contributed by atoms with van der Waals surface area (Å²) in [4.78, 5) is 27.0. The molecule has 0 bridgehead atoms. The number of pyridine rings is 1. The second kappa shape index (κ2) is 8.06. The highest BCUT2D eigenvalue weighted by Gasteiger charge is 2.29. The van der Waals surface area contributed by atoms with Crippen molar-refractivity contribution in [2.75, 3.05) is 19.6 Å². The van der Waals surface area contributed by atoms with Crippen molar-refractivity contribution in [1.82, 2.24) is 9.88 Å². The molecule has 0 saturated carbocycles. The van der Waals surface area contributed by atoms with Gasteiger partial charge in [-0.25, -0.2) is 18.6 Å². The van der Waals surface area contributed by atoms with E-state index < -0.39 is 17.7 Å². The number of aliphatic imine (C=N–C) groups is 2. The Morgan fingerprint density at radius 3 is 2.72 bits per heavy atom. The number of halogens is 2. The summed E-state index contributed by atoms with van der Waals surface area (Å²) < 4.78 is 32.5. The first-order chi connectivity index (χ1) is 14.0. The molecule has 6 nitrogen and oxygen atoms in total. The first-order valence-electron chi connectivity index (χ1n) is 9.47. The molecule has 2 aliphatic heterocycles. The van der Waals surface area contributed by atoms with Gasteiger partial charge in [-0.1, -0.05) is 0 Å². The monoisotopic (exact) mass is 398 g/mol. The van der Waals surface area contributed by atoms with E-state index in [1.807, 2.05) is 0 Å². The van der Waals surface area contributed by atoms with Crippen LogP contribution in [-0.2, 0) is 0 Å². The molecule has 1 aromatic heterocycles. The molecule has 8 heteroatoms. The maximum atomic E-state index is 14.0. The van der Waals surface area contributed by atoms with Gasteiger partial charge in [0.1, 0.15) is 11.6 Å². The Morgan fingerprint density at radius 1 is 1.21 bits per heavy atom. The Bertz CT molecular complexity index is 998. The zero-order valence-electron chi connectivity index (χ0n) is 15.9. The number of carbonyl (C=O) groups excluding carboxylic acids is 1. The molecule has 4 rings (SSSR count). The molecule has 0 aliphatic carbocycles. The molecule has 29 heavy (non-hydrogen) atoms. The summed E-state index contributed by atoms with van der Waals surface area (Å²) in [6, 6.07) is 6.83. The minimum atomic E-state index is -0.669. The van der Waals surface area contributed by atoms with Crippen LogP contribution in [0.2, 0.25) is 0 Å². The van der Waals surface area contributed by atoms with E-state index in [4.69, 9.17) is 4.74 Å². The summed E-state index contributed by atoms with van der Waals surface area (Å²) in [5.74, 6) is -0.374. The molecule has 0 unspecified atom stereocenters. The predicted octanol–water partition coefficient (Wildman–Crippen LogP) is 3.78. The molecule has 1 amide bonds. The molecular formula is C21H20F2N4O2. The third-order valence-electron chi connectivity index (χ3n) is 5.19. The number of aryl methyl sites for hydroxylation is 1. The fourth-order valence-corrected chi connectivity index (χ4v) is 3.53. The fourth-order valence-electron chi connectivity index (χ4n) is 3.53. The van der Waals surface area contributed by atoms with Gasteiger partial charge in [-0.05, 0) is 44.0 Å². The third-order valence-corrected chi connectivity index (χ3v) is 5.19. The van der Waals surface area contributed by atoms with Crippen LogP contribution in [0.4, 0.5) is 13.6 Å². The van der Waals surface area contributed by atoms with Gasteiger partial charge >= 0.3 is 6.09 Å². The van der Waals surface area contributed by atoms with Gasteiger partial charge in [0.25, 0.3) is 0 Å². The largest absolute Gasteiger partial charge is 0.415 e. The fraction of sp³-hybridized carbons (Fsp3) is 0.333. The number of carbonyl (C=O) groups is 1. The van der Waals surface area contributed by atoms with E-state index in [0.717, 1.165) is 24.6 Å². The minimum absolute atomic E-state index is 0.170. The van der Waals surface area contributed by atoms with Gasteiger partial charge in [0.15, 0.2) is 11.6 Å². The van der Waals surface area contributed by atoms with E-state index >= 15 is 0 Å². The summed E-state index contributed by atoms with van der Waals surface area (Å²) >= 11 is 0. The standard InChI is InChI=1S/C21H20F2N4O2/c1-13-19(3-2-8-24-13)29-21(28)27-9-6-14(7-10-27)18-12-25-20(26-18)16-5-4-15(22)11-17(16)23/h2-5,8,11,14H,6-7,9-10,12H2,1H3. The molecule has 1 fully saturated rings. The maximum absolute atomic E-state index is 14.0.